The van der Waals surface area contributed by atoms with Crippen LogP contribution in [0.1, 0.15) is 36.9 Å². The summed E-state index contributed by atoms with van der Waals surface area (Å²) in [6, 6.07) is 16.7. The first-order chi connectivity index (χ1) is 11.5. The van der Waals surface area contributed by atoms with Crippen LogP contribution in [-0.4, -0.2) is 21.2 Å². The highest BCUT2D eigenvalue weighted by molar-refractivity contribution is 7.83. The lowest BCUT2D eigenvalue weighted by atomic mass is 9.99. The second-order valence-corrected chi connectivity index (χ2v) is 7.20. The van der Waals surface area contributed by atoms with Gasteiger partial charge in [0, 0.05) is 12.5 Å². The summed E-state index contributed by atoms with van der Waals surface area (Å²) in [5.41, 5.74) is 2.04. The Morgan fingerprint density at radius 3 is 2.33 bits per heavy atom. The number of carbonyl (C=O) groups excluding carboxylic acids is 1. The van der Waals surface area contributed by atoms with Gasteiger partial charge >= 0.3 is 0 Å². The van der Waals surface area contributed by atoms with Gasteiger partial charge in [-0.05, 0) is 38.0 Å². The number of aliphatic hydroxyl groups excluding tert-OH is 1. The van der Waals surface area contributed by atoms with Crippen molar-refractivity contribution in [3.05, 3.63) is 65.7 Å². The Morgan fingerprint density at radius 2 is 1.75 bits per heavy atom. The van der Waals surface area contributed by atoms with Crippen LogP contribution in [0.15, 0.2) is 59.5 Å². The molecule has 128 valence electrons. The summed E-state index contributed by atoms with van der Waals surface area (Å²) in [6.07, 6.45) is -0.348. The maximum Gasteiger partial charge on any atom is 0.132 e. The molecular formula is C19H23NO3S. The molecular weight excluding hydrogens is 322 g/mol. The fraction of sp³-hybridized carbons (Fsp3) is 0.316. The predicted octanol–water partition coefficient (Wildman–Crippen LogP) is 3.08. The number of hydrogen-bond acceptors (Lipinski definition) is 3. The molecule has 0 radical (unpaired) electrons. The van der Waals surface area contributed by atoms with Crippen molar-refractivity contribution < 1.29 is 14.1 Å². The third kappa shape index (κ3) is 5.67. The maximum absolute atomic E-state index is 12.6. The average Bonchev–Trinajstić information content (AvgIpc) is 2.55. The molecule has 4 nitrogen and oxygen atoms in total. The Hall–Kier alpha value is -1.82. The zero-order valence-electron chi connectivity index (χ0n) is 13.9. The van der Waals surface area contributed by atoms with Gasteiger partial charge in [0.05, 0.1) is 11.0 Å². The third-order valence-corrected chi connectivity index (χ3v) is 4.92. The second kappa shape index (κ2) is 8.87. The van der Waals surface area contributed by atoms with Crippen LogP contribution in [-0.2, 0) is 15.8 Å². The van der Waals surface area contributed by atoms with Crippen molar-refractivity contribution in [3.63, 3.8) is 0 Å². The van der Waals surface area contributed by atoms with Gasteiger partial charge in [0.2, 0.25) is 0 Å². The van der Waals surface area contributed by atoms with E-state index < -0.39 is 17.1 Å². The molecule has 0 unspecified atom stereocenters. The quantitative estimate of drug-likeness (QED) is 0.773. The van der Waals surface area contributed by atoms with Crippen LogP contribution in [0.3, 0.4) is 0 Å². The number of Topliss-reactive ketones (excluding diaryl/α,β-unsaturated/α-hetero) is 1. The summed E-state index contributed by atoms with van der Waals surface area (Å²) in [5, 5.41) is 10.1. The second-order valence-electron chi connectivity index (χ2n) is 5.96. The Morgan fingerprint density at radius 1 is 1.12 bits per heavy atom. The lowest BCUT2D eigenvalue weighted by molar-refractivity contribution is -0.118. The van der Waals surface area contributed by atoms with E-state index in [1.54, 1.807) is 0 Å². The molecule has 0 aliphatic rings. The summed E-state index contributed by atoms with van der Waals surface area (Å²) < 4.78 is 15.7. The van der Waals surface area contributed by atoms with Crippen LogP contribution in [0.5, 0.6) is 0 Å². The Kier molecular flexibility index (Phi) is 6.85. The minimum atomic E-state index is -1.40. The van der Waals surface area contributed by atoms with Gasteiger partial charge in [-0.2, -0.15) is 0 Å². The first kappa shape index (κ1) is 18.5. The summed E-state index contributed by atoms with van der Waals surface area (Å²) in [4.78, 5) is 11.9. The van der Waals surface area contributed by atoms with Gasteiger partial charge in [-0.1, -0.05) is 48.0 Å². The molecule has 2 aromatic rings. The molecule has 3 atom stereocenters. The zero-order chi connectivity index (χ0) is 17.5. The van der Waals surface area contributed by atoms with Crippen molar-refractivity contribution in [2.24, 2.45) is 0 Å². The number of nitrogens with one attached hydrogen (secondary N) is 1. The zero-order valence-corrected chi connectivity index (χ0v) is 14.8. The number of rotatable bonds is 8. The van der Waals surface area contributed by atoms with E-state index in [4.69, 9.17) is 0 Å². The van der Waals surface area contributed by atoms with Crippen LogP contribution in [0.4, 0.5) is 0 Å². The fourth-order valence-corrected chi connectivity index (χ4v) is 3.49. The minimum absolute atomic E-state index is 0.0611. The monoisotopic (exact) mass is 345 g/mol. The molecule has 5 heteroatoms. The van der Waals surface area contributed by atoms with Crippen molar-refractivity contribution in [2.45, 2.75) is 43.7 Å². The van der Waals surface area contributed by atoms with Gasteiger partial charge in [-0.25, -0.2) is 8.93 Å². The summed E-state index contributed by atoms with van der Waals surface area (Å²) >= 11 is 0. The summed E-state index contributed by atoms with van der Waals surface area (Å²) in [5.74, 6) is -0.0611. The Bertz CT molecular complexity index is 686. The van der Waals surface area contributed by atoms with Gasteiger partial charge in [0.15, 0.2) is 0 Å². The first-order valence-corrected chi connectivity index (χ1v) is 9.07. The van der Waals surface area contributed by atoms with Gasteiger partial charge in [0.1, 0.15) is 16.8 Å². The average molecular weight is 345 g/mol. The molecule has 0 heterocycles. The lowest BCUT2D eigenvalue weighted by Gasteiger charge is -2.21. The standard InChI is InChI=1S/C19H23NO3S/c1-14-8-10-18(11-9-14)24(23)20-19(13-17(22)12-15(2)21)16-6-4-3-5-7-16/h3-11,17,19-20,22H,12-13H2,1-2H3/t17-,19-,24+/m1/s1. The summed E-state index contributed by atoms with van der Waals surface area (Å²) in [6.45, 7) is 3.43. The van der Waals surface area contributed by atoms with Gasteiger partial charge in [-0.3, -0.25) is 4.79 Å². The van der Waals surface area contributed by atoms with E-state index in [0.29, 0.717) is 11.3 Å². The topological polar surface area (TPSA) is 66.4 Å². The molecule has 24 heavy (non-hydrogen) atoms. The molecule has 0 amide bonds. The molecule has 0 spiro atoms. The van der Waals surface area contributed by atoms with E-state index >= 15 is 0 Å². The largest absolute Gasteiger partial charge is 0.393 e. The van der Waals surface area contributed by atoms with E-state index in [9.17, 15) is 14.1 Å². The smallest absolute Gasteiger partial charge is 0.132 e. The number of ketones is 1. The number of aliphatic hydroxyl groups is 1. The van der Waals surface area contributed by atoms with Crippen LogP contribution in [0.25, 0.3) is 0 Å². The Balaban J connectivity index is 2.14. The van der Waals surface area contributed by atoms with Crippen molar-refractivity contribution in [3.8, 4) is 0 Å². The number of hydrogen-bond donors (Lipinski definition) is 2. The molecule has 2 N–H and O–H groups in total. The van der Waals surface area contributed by atoms with Crippen molar-refractivity contribution in [1.82, 2.24) is 4.72 Å². The van der Waals surface area contributed by atoms with E-state index in [1.165, 1.54) is 6.92 Å². The molecule has 2 aromatic carbocycles. The van der Waals surface area contributed by atoms with E-state index in [2.05, 4.69) is 4.72 Å². The number of benzene rings is 2. The van der Waals surface area contributed by atoms with Crippen LogP contribution in [0.2, 0.25) is 0 Å². The fourth-order valence-electron chi connectivity index (χ4n) is 2.48. The van der Waals surface area contributed by atoms with E-state index in [1.807, 2.05) is 61.5 Å². The predicted molar refractivity (Wildman–Crippen MR) is 95.8 cm³/mol. The van der Waals surface area contributed by atoms with Gasteiger partial charge in [0.25, 0.3) is 0 Å². The van der Waals surface area contributed by atoms with Crippen molar-refractivity contribution in [2.75, 3.05) is 0 Å². The molecule has 0 aliphatic carbocycles. The highest BCUT2D eigenvalue weighted by atomic mass is 32.2. The number of carbonyl (C=O) groups is 1. The maximum atomic E-state index is 12.6. The molecule has 0 aromatic heterocycles. The molecule has 0 saturated carbocycles. The van der Waals surface area contributed by atoms with Crippen molar-refractivity contribution in [1.29, 1.82) is 0 Å². The highest BCUT2D eigenvalue weighted by Gasteiger charge is 2.20. The van der Waals surface area contributed by atoms with E-state index in [0.717, 1.165) is 11.1 Å². The molecule has 0 aliphatic heterocycles. The third-order valence-electron chi connectivity index (χ3n) is 3.72. The SMILES string of the molecule is CC(=O)C[C@@H](O)C[C@@H](N[S@@](=O)c1ccc(C)cc1)c1ccccc1. The highest BCUT2D eigenvalue weighted by Crippen LogP contribution is 2.22. The minimum Gasteiger partial charge on any atom is -0.393 e. The normalized spacial score (nSPS) is 14.8. The molecule has 0 saturated heterocycles. The van der Waals surface area contributed by atoms with Crippen LogP contribution in [0, 0.1) is 6.92 Å². The molecule has 0 fully saturated rings. The van der Waals surface area contributed by atoms with Gasteiger partial charge < -0.3 is 5.11 Å². The van der Waals surface area contributed by atoms with Crippen LogP contribution >= 0.6 is 0 Å². The first-order valence-electron chi connectivity index (χ1n) is 7.92. The van der Waals surface area contributed by atoms with Crippen molar-refractivity contribution >= 4 is 16.8 Å². The summed E-state index contributed by atoms with van der Waals surface area (Å²) in [7, 11) is -1.40. The molecule has 0 bridgehead atoms. The molecule has 2 rings (SSSR count). The number of aryl methyl sites for hydroxylation is 1. The van der Waals surface area contributed by atoms with Gasteiger partial charge in [-0.15, -0.1) is 0 Å². The lowest BCUT2D eigenvalue weighted by Crippen LogP contribution is -2.28. The Labute approximate surface area is 145 Å². The van der Waals surface area contributed by atoms with E-state index in [-0.39, 0.29) is 18.2 Å². The van der Waals surface area contributed by atoms with Crippen LogP contribution < -0.4 is 4.72 Å².